The number of nitrogens with one attached hydrogen (secondary N) is 1. The lowest BCUT2D eigenvalue weighted by Crippen LogP contribution is -2.54. The van der Waals surface area contributed by atoms with E-state index in [1.54, 1.807) is 54.6 Å². The summed E-state index contributed by atoms with van der Waals surface area (Å²) in [7, 11) is -4.21. The van der Waals surface area contributed by atoms with Gasteiger partial charge in [0.05, 0.1) is 17.2 Å². The van der Waals surface area contributed by atoms with Crippen LogP contribution in [-0.4, -0.2) is 50.4 Å². The summed E-state index contributed by atoms with van der Waals surface area (Å²) in [6, 6.07) is 16.9. The first-order chi connectivity index (χ1) is 21.5. The fraction of sp³-hybridized carbons (Fsp3) is 0.394. The van der Waals surface area contributed by atoms with Gasteiger partial charge in [-0.1, -0.05) is 71.4 Å². The van der Waals surface area contributed by atoms with Crippen LogP contribution in [0.4, 0.5) is 5.69 Å². The largest absolute Gasteiger partial charge is 0.494 e. The van der Waals surface area contributed by atoms with Crippen molar-refractivity contribution in [3.63, 3.8) is 0 Å². The molecule has 0 unspecified atom stereocenters. The summed E-state index contributed by atoms with van der Waals surface area (Å²) in [4.78, 5) is 29.5. The molecule has 0 bridgehead atoms. The average molecular weight is 740 g/mol. The number of sulfonamides is 1. The van der Waals surface area contributed by atoms with E-state index in [1.807, 2.05) is 13.8 Å². The summed E-state index contributed by atoms with van der Waals surface area (Å²) in [5, 5.41) is 3.92. The third-order valence-electron chi connectivity index (χ3n) is 7.81. The zero-order chi connectivity index (χ0) is 32.6. The third-order valence-corrected chi connectivity index (χ3v) is 10.7. The molecule has 0 aliphatic heterocycles. The smallest absolute Gasteiger partial charge is 0.264 e. The summed E-state index contributed by atoms with van der Waals surface area (Å²) in [5.41, 5.74) is 0.862. The van der Waals surface area contributed by atoms with Gasteiger partial charge in [0.15, 0.2) is 0 Å². The molecule has 1 aliphatic rings. The Balaban J connectivity index is 1.73. The molecule has 45 heavy (non-hydrogen) atoms. The fourth-order valence-electron chi connectivity index (χ4n) is 5.44. The number of hydrogen-bond donors (Lipinski definition) is 1. The summed E-state index contributed by atoms with van der Waals surface area (Å²) >= 11 is 16.0. The van der Waals surface area contributed by atoms with E-state index in [2.05, 4.69) is 21.2 Å². The minimum atomic E-state index is -4.21. The van der Waals surface area contributed by atoms with Crippen molar-refractivity contribution < 1.29 is 22.7 Å². The van der Waals surface area contributed by atoms with Crippen LogP contribution in [0.15, 0.2) is 76.1 Å². The highest BCUT2D eigenvalue weighted by Gasteiger charge is 2.34. The Bertz CT molecular complexity index is 1570. The number of halogens is 3. The normalized spacial score (nSPS) is 14.4. The Morgan fingerprint density at radius 3 is 2.24 bits per heavy atom. The SMILES string of the molecule is CCOc1ccc(N(CC(=O)N(Cc2ccc(Cl)cc2Cl)[C@H](CC)C(=O)NC2CCCCC2)S(=O)(=O)c2ccc(Br)cc2)cc1. The molecule has 0 heterocycles. The average Bonchev–Trinajstić information content (AvgIpc) is 3.02. The van der Waals surface area contributed by atoms with E-state index in [0.29, 0.717) is 38.9 Å². The van der Waals surface area contributed by atoms with Crippen molar-refractivity contribution in [3.8, 4) is 5.75 Å². The number of amides is 2. The Morgan fingerprint density at radius 2 is 1.64 bits per heavy atom. The first kappa shape index (κ1) is 35.1. The van der Waals surface area contributed by atoms with Crippen molar-refractivity contribution in [2.75, 3.05) is 17.5 Å². The highest BCUT2D eigenvalue weighted by atomic mass is 79.9. The van der Waals surface area contributed by atoms with Crippen molar-refractivity contribution in [3.05, 3.63) is 86.8 Å². The Hall–Kier alpha value is -2.79. The van der Waals surface area contributed by atoms with Gasteiger partial charge < -0.3 is 15.0 Å². The molecular weight excluding hydrogens is 701 g/mol. The zero-order valence-corrected chi connectivity index (χ0v) is 29.3. The van der Waals surface area contributed by atoms with Gasteiger partial charge in [-0.2, -0.15) is 0 Å². The number of anilines is 1. The van der Waals surface area contributed by atoms with Gasteiger partial charge in [-0.15, -0.1) is 0 Å². The van der Waals surface area contributed by atoms with Crippen molar-refractivity contribution in [1.29, 1.82) is 0 Å². The predicted molar refractivity (Wildman–Crippen MR) is 182 cm³/mol. The first-order valence-corrected chi connectivity index (χ1v) is 18.1. The molecule has 0 radical (unpaired) electrons. The number of benzene rings is 3. The minimum Gasteiger partial charge on any atom is -0.494 e. The van der Waals surface area contributed by atoms with Gasteiger partial charge in [0.25, 0.3) is 10.0 Å². The molecule has 4 rings (SSSR count). The first-order valence-electron chi connectivity index (χ1n) is 15.1. The monoisotopic (exact) mass is 737 g/mol. The second-order valence-electron chi connectivity index (χ2n) is 10.9. The second kappa shape index (κ2) is 16.2. The van der Waals surface area contributed by atoms with Crippen molar-refractivity contribution in [2.24, 2.45) is 0 Å². The molecule has 242 valence electrons. The molecule has 0 aromatic heterocycles. The standard InChI is InChI=1S/C33H38BrCl2N3O5S/c1-3-31(33(41)37-26-8-6-5-7-9-26)38(21-23-10-13-25(35)20-30(23)36)32(40)22-39(27-14-16-28(17-15-27)44-4-2)45(42,43)29-18-11-24(34)12-19-29/h10-20,26,31H,3-9,21-22H2,1-2H3,(H,37,41)/t31-/m1/s1. The van der Waals surface area contributed by atoms with Crippen LogP contribution in [0, 0.1) is 0 Å². The third kappa shape index (κ3) is 9.15. The van der Waals surface area contributed by atoms with Gasteiger partial charge in [-0.25, -0.2) is 8.42 Å². The Labute approximate surface area is 284 Å². The molecule has 1 aliphatic carbocycles. The molecule has 0 saturated heterocycles. The van der Waals surface area contributed by atoms with Crippen LogP contribution in [0.3, 0.4) is 0 Å². The van der Waals surface area contributed by atoms with Gasteiger partial charge in [-0.3, -0.25) is 13.9 Å². The molecule has 1 atom stereocenters. The lowest BCUT2D eigenvalue weighted by atomic mass is 9.95. The summed E-state index contributed by atoms with van der Waals surface area (Å²) < 4.78 is 35.5. The Morgan fingerprint density at radius 1 is 0.978 bits per heavy atom. The summed E-state index contributed by atoms with van der Waals surface area (Å²) in [5.74, 6) is -0.259. The van der Waals surface area contributed by atoms with E-state index >= 15 is 0 Å². The number of carbonyl (C=O) groups excluding carboxylic acids is 2. The molecule has 1 saturated carbocycles. The number of hydrogen-bond acceptors (Lipinski definition) is 5. The van der Waals surface area contributed by atoms with Gasteiger partial charge in [0, 0.05) is 27.1 Å². The van der Waals surface area contributed by atoms with E-state index in [4.69, 9.17) is 27.9 Å². The predicted octanol–water partition coefficient (Wildman–Crippen LogP) is 7.61. The van der Waals surface area contributed by atoms with Gasteiger partial charge in [0.1, 0.15) is 18.3 Å². The minimum absolute atomic E-state index is 0.0130. The maximum absolute atomic E-state index is 14.3. The maximum atomic E-state index is 14.3. The number of nitrogens with zero attached hydrogens (tertiary/aromatic N) is 2. The van der Waals surface area contributed by atoms with E-state index in [-0.39, 0.29) is 29.1 Å². The highest BCUT2D eigenvalue weighted by Crippen LogP contribution is 2.29. The van der Waals surface area contributed by atoms with Crippen molar-refractivity contribution >= 4 is 66.7 Å². The molecular formula is C33H38BrCl2N3O5S. The molecule has 12 heteroatoms. The Kier molecular flexibility index (Phi) is 12.6. The molecule has 1 fully saturated rings. The van der Waals surface area contributed by atoms with Crippen LogP contribution in [0.2, 0.25) is 10.0 Å². The van der Waals surface area contributed by atoms with Crippen molar-refractivity contribution in [1.82, 2.24) is 10.2 Å². The van der Waals surface area contributed by atoms with Crippen LogP contribution < -0.4 is 14.4 Å². The molecule has 1 N–H and O–H groups in total. The van der Waals surface area contributed by atoms with Crippen LogP contribution in [0.5, 0.6) is 5.75 Å². The second-order valence-corrected chi connectivity index (χ2v) is 14.5. The number of rotatable bonds is 13. The lowest BCUT2D eigenvalue weighted by Gasteiger charge is -2.34. The van der Waals surface area contributed by atoms with Crippen molar-refractivity contribution in [2.45, 2.75) is 75.9 Å². The van der Waals surface area contributed by atoms with Gasteiger partial charge >= 0.3 is 0 Å². The van der Waals surface area contributed by atoms with E-state index in [0.717, 1.165) is 36.4 Å². The highest BCUT2D eigenvalue weighted by molar-refractivity contribution is 9.10. The number of carbonyl (C=O) groups is 2. The van der Waals surface area contributed by atoms with Gasteiger partial charge in [-0.05, 0) is 92.4 Å². The summed E-state index contributed by atoms with van der Waals surface area (Å²) in [6.45, 7) is 3.57. The zero-order valence-electron chi connectivity index (χ0n) is 25.3. The molecule has 0 spiro atoms. The van der Waals surface area contributed by atoms with E-state index in [1.165, 1.54) is 17.0 Å². The fourth-order valence-corrected chi connectivity index (χ4v) is 7.58. The molecule has 8 nitrogen and oxygen atoms in total. The van der Waals surface area contributed by atoms with Crippen LogP contribution in [0.25, 0.3) is 0 Å². The lowest BCUT2D eigenvalue weighted by molar-refractivity contribution is -0.140. The molecule has 3 aromatic rings. The number of ether oxygens (including phenoxy) is 1. The van der Waals surface area contributed by atoms with Gasteiger partial charge in [0.2, 0.25) is 11.8 Å². The maximum Gasteiger partial charge on any atom is 0.264 e. The molecule has 3 aromatic carbocycles. The van der Waals surface area contributed by atoms with Crippen LogP contribution in [0.1, 0.15) is 57.9 Å². The summed E-state index contributed by atoms with van der Waals surface area (Å²) in [6.07, 6.45) is 5.30. The molecule has 2 amide bonds. The quantitative estimate of drug-likeness (QED) is 0.195. The van der Waals surface area contributed by atoms with Crippen LogP contribution in [-0.2, 0) is 26.2 Å². The van der Waals surface area contributed by atoms with Crippen LogP contribution >= 0.6 is 39.1 Å². The topological polar surface area (TPSA) is 96.0 Å². The van der Waals surface area contributed by atoms with E-state index in [9.17, 15) is 18.0 Å². The van der Waals surface area contributed by atoms with E-state index < -0.39 is 28.5 Å².